The molecule has 0 heterocycles. The van der Waals surface area contributed by atoms with E-state index in [9.17, 15) is 0 Å². The predicted molar refractivity (Wildman–Crippen MR) is 198 cm³/mol. The summed E-state index contributed by atoms with van der Waals surface area (Å²) in [6.07, 6.45) is 0.534. The molecule has 1 N–H and O–H groups in total. The Hall–Kier alpha value is -4.30. The van der Waals surface area contributed by atoms with E-state index >= 15 is 8.78 Å². The summed E-state index contributed by atoms with van der Waals surface area (Å²) in [5.41, 5.74) is 3.06. The van der Waals surface area contributed by atoms with Crippen LogP contribution in [0.1, 0.15) is 44.4 Å². The van der Waals surface area contributed by atoms with Crippen LogP contribution in [0.5, 0.6) is 11.5 Å². The van der Waals surface area contributed by atoms with Gasteiger partial charge in [-0.2, -0.15) is 0 Å². The van der Waals surface area contributed by atoms with Gasteiger partial charge in [-0.1, -0.05) is 148 Å². The summed E-state index contributed by atoms with van der Waals surface area (Å²) >= 11 is 0. The third-order valence-electron chi connectivity index (χ3n) is 8.65. The van der Waals surface area contributed by atoms with Gasteiger partial charge in [0, 0.05) is 6.04 Å². The smallest absolute Gasteiger partial charge is 0.281 e. The normalized spacial score (nSPS) is 12.8. The lowest BCUT2D eigenvalue weighted by atomic mass is 10.1. The van der Waals surface area contributed by atoms with Crippen molar-refractivity contribution in [2.24, 2.45) is 0 Å². The Morgan fingerprint density at radius 1 is 0.612 bits per heavy atom. The van der Waals surface area contributed by atoms with Gasteiger partial charge >= 0.3 is 0 Å². The molecule has 7 heteroatoms. The zero-order chi connectivity index (χ0) is 34.7. The highest BCUT2D eigenvalue weighted by Gasteiger charge is 2.51. The van der Waals surface area contributed by atoms with Crippen LogP contribution >= 0.6 is 0 Å². The quantitative estimate of drug-likeness (QED) is 0.106. The zero-order valence-electron chi connectivity index (χ0n) is 28.9. The number of ether oxygens (including phenoxy) is 2. The fraction of sp³-hybridized carbons (Fsp3) is 0.286. The maximum Gasteiger partial charge on any atom is 0.281 e. The van der Waals surface area contributed by atoms with Gasteiger partial charge in [-0.25, -0.2) is 8.78 Å². The monoisotopic (exact) mass is 679 g/mol. The lowest BCUT2D eigenvalue weighted by molar-refractivity contribution is -0.0433. The third kappa shape index (κ3) is 9.66. The van der Waals surface area contributed by atoms with Crippen molar-refractivity contribution in [1.82, 2.24) is 5.32 Å². The van der Waals surface area contributed by atoms with E-state index < -0.39 is 27.4 Å². The van der Waals surface area contributed by atoms with Crippen LogP contribution in [-0.2, 0) is 24.1 Å². The van der Waals surface area contributed by atoms with Crippen molar-refractivity contribution in [3.8, 4) is 11.5 Å². The number of hydrogen-bond donors (Lipinski definition) is 1. The predicted octanol–water partition coefficient (Wildman–Crippen LogP) is 8.58. The van der Waals surface area contributed by atoms with Crippen LogP contribution in [-0.4, -0.2) is 33.4 Å². The molecule has 0 radical (unpaired) electrons. The summed E-state index contributed by atoms with van der Waals surface area (Å²) in [7, 11) is -3.08. The van der Waals surface area contributed by atoms with E-state index in [4.69, 9.17) is 13.9 Å². The summed E-state index contributed by atoms with van der Waals surface area (Å²) in [5.74, 6) is -1.83. The summed E-state index contributed by atoms with van der Waals surface area (Å²) < 4.78 is 50.3. The summed E-state index contributed by atoms with van der Waals surface area (Å²) in [6.45, 7) is 7.81. The van der Waals surface area contributed by atoms with Crippen LogP contribution in [0, 0.1) is 0 Å². The Kier molecular flexibility index (Phi) is 12.0. The number of rotatable bonds is 16. The molecule has 0 aromatic heterocycles. The fourth-order valence-corrected chi connectivity index (χ4v) is 10.7. The van der Waals surface area contributed by atoms with Crippen LogP contribution in [0.2, 0.25) is 5.04 Å². The Morgan fingerprint density at radius 3 is 1.57 bits per heavy atom. The van der Waals surface area contributed by atoms with Gasteiger partial charge in [0.05, 0.1) is 13.2 Å². The van der Waals surface area contributed by atoms with Gasteiger partial charge in [-0.05, 0) is 57.6 Å². The van der Waals surface area contributed by atoms with Crippen LogP contribution in [0.25, 0.3) is 0 Å². The van der Waals surface area contributed by atoms with E-state index in [1.54, 1.807) is 0 Å². The second-order valence-corrected chi connectivity index (χ2v) is 17.9. The van der Waals surface area contributed by atoms with Gasteiger partial charge in [0.25, 0.3) is 14.2 Å². The molecule has 5 rings (SSSR count). The molecular weight excluding hydrogens is 633 g/mol. The van der Waals surface area contributed by atoms with Gasteiger partial charge in [-0.15, -0.1) is 0 Å². The molecule has 0 bridgehead atoms. The second-order valence-electron chi connectivity index (χ2n) is 13.6. The minimum absolute atomic E-state index is 0.225. The van der Waals surface area contributed by atoms with Gasteiger partial charge in [0.1, 0.15) is 13.2 Å². The number of nitrogens with one attached hydrogen (secondary N) is 1. The number of benzene rings is 5. The first-order valence-electron chi connectivity index (χ1n) is 16.9. The van der Waals surface area contributed by atoms with Crippen LogP contribution in [0.15, 0.2) is 140 Å². The molecule has 0 aliphatic rings. The Labute approximate surface area is 291 Å². The van der Waals surface area contributed by atoms with Crippen molar-refractivity contribution in [2.75, 3.05) is 13.2 Å². The largest absolute Gasteiger partial charge is 0.485 e. The van der Waals surface area contributed by atoms with Crippen molar-refractivity contribution in [3.05, 3.63) is 156 Å². The fourth-order valence-electron chi connectivity index (χ4n) is 6.16. The summed E-state index contributed by atoms with van der Waals surface area (Å²) in [6, 6.07) is 45.3. The van der Waals surface area contributed by atoms with E-state index in [1.165, 1.54) is 0 Å². The van der Waals surface area contributed by atoms with Gasteiger partial charge in [0.2, 0.25) is 0 Å². The maximum absolute atomic E-state index is 15.7. The first kappa shape index (κ1) is 36.0. The first-order chi connectivity index (χ1) is 23.6. The summed E-state index contributed by atoms with van der Waals surface area (Å²) in [5, 5.41) is 4.65. The lowest BCUT2D eigenvalue weighted by Crippen LogP contribution is -2.67. The maximum atomic E-state index is 15.7. The van der Waals surface area contributed by atoms with Crippen molar-refractivity contribution in [2.45, 2.75) is 64.3 Å². The summed E-state index contributed by atoms with van der Waals surface area (Å²) in [4.78, 5) is 0. The molecule has 256 valence electrons. The van der Waals surface area contributed by atoms with Crippen molar-refractivity contribution in [3.63, 3.8) is 0 Å². The lowest BCUT2D eigenvalue weighted by Gasteiger charge is -2.43. The highest BCUT2D eigenvalue weighted by Crippen LogP contribution is 2.37. The molecule has 5 aromatic rings. The topological polar surface area (TPSA) is 39.7 Å². The average Bonchev–Trinajstić information content (AvgIpc) is 3.11. The van der Waals surface area contributed by atoms with Crippen LogP contribution in [0.3, 0.4) is 0 Å². The van der Waals surface area contributed by atoms with Crippen LogP contribution < -0.4 is 25.2 Å². The standard InChI is InChI=1S/C42H47F2NO3Si/c1-33(27-36-25-26-39(46-29-34-17-9-5-10-18-34)40(28-36)47-30-35-19-11-6-12-20-35)45-31-42(43,44)32-48-49(41(2,3)4,37-21-13-7-14-22-37)38-23-15-8-16-24-38/h5-26,28,33,45H,27,29-32H2,1-4H3. The van der Waals surface area contributed by atoms with Crippen LogP contribution in [0.4, 0.5) is 8.78 Å². The molecule has 49 heavy (non-hydrogen) atoms. The minimum Gasteiger partial charge on any atom is -0.485 e. The average molecular weight is 680 g/mol. The Morgan fingerprint density at radius 2 is 1.08 bits per heavy atom. The molecule has 1 unspecified atom stereocenters. The highest BCUT2D eigenvalue weighted by atomic mass is 28.4. The van der Waals surface area contributed by atoms with Crippen molar-refractivity contribution in [1.29, 1.82) is 0 Å². The molecule has 0 fully saturated rings. The molecular formula is C42H47F2NO3Si. The molecule has 0 aliphatic carbocycles. The van der Waals surface area contributed by atoms with E-state index in [1.807, 2.05) is 146 Å². The molecule has 0 saturated carbocycles. The minimum atomic E-state index is -3.08. The third-order valence-corrected chi connectivity index (χ3v) is 13.6. The van der Waals surface area contributed by atoms with Gasteiger partial charge in [-0.3, -0.25) is 0 Å². The molecule has 4 nitrogen and oxygen atoms in total. The van der Waals surface area contributed by atoms with Gasteiger partial charge in [0.15, 0.2) is 11.5 Å². The zero-order valence-corrected chi connectivity index (χ0v) is 29.9. The SMILES string of the molecule is CC(Cc1ccc(OCc2ccccc2)c(OCc2ccccc2)c1)NCC(F)(F)CO[Si](c1ccccc1)(c1ccccc1)C(C)(C)C. The number of halogens is 2. The van der Waals surface area contributed by atoms with E-state index in [2.05, 4.69) is 26.1 Å². The van der Waals surface area contributed by atoms with E-state index in [0.29, 0.717) is 31.1 Å². The second kappa shape index (κ2) is 16.4. The molecule has 0 spiro atoms. The number of alkyl halides is 2. The molecule has 0 aliphatic heterocycles. The van der Waals surface area contributed by atoms with Gasteiger partial charge < -0.3 is 19.2 Å². The number of hydrogen-bond acceptors (Lipinski definition) is 4. The first-order valence-corrected chi connectivity index (χ1v) is 18.8. The van der Waals surface area contributed by atoms with Crippen molar-refractivity contribution < 1.29 is 22.7 Å². The Bertz CT molecular complexity index is 1680. The molecule has 0 saturated heterocycles. The molecule has 0 amide bonds. The molecule has 1 atom stereocenters. The Balaban J connectivity index is 1.26. The van der Waals surface area contributed by atoms with E-state index in [0.717, 1.165) is 27.1 Å². The highest BCUT2D eigenvalue weighted by molar-refractivity contribution is 6.99. The molecule has 5 aromatic carbocycles. The van der Waals surface area contributed by atoms with E-state index in [-0.39, 0.29) is 11.1 Å². The van der Waals surface area contributed by atoms with Crippen molar-refractivity contribution >= 4 is 18.7 Å².